The molecule has 1 aromatic rings. The maximum absolute atomic E-state index is 12.6. The van der Waals surface area contributed by atoms with E-state index >= 15 is 0 Å². The molecular weight excluding hydrogens is 272 g/mol. The highest BCUT2D eigenvalue weighted by Crippen LogP contribution is 2.24. The Morgan fingerprint density at radius 3 is 2.74 bits per heavy atom. The summed E-state index contributed by atoms with van der Waals surface area (Å²) in [6.07, 6.45) is -0.266. The maximum atomic E-state index is 12.6. The average Bonchev–Trinajstić information content (AvgIpc) is 2.59. The average molecular weight is 290 g/mol. The molecule has 1 atom stereocenters. The second-order valence-electron chi connectivity index (χ2n) is 4.45. The molecule has 0 aliphatic carbocycles. The van der Waals surface area contributed by atoms with E-state index in [-0.39, 0.29) is 17.5 Å². The van der Waals surface area contributed by atoms with Crippen LogP contribution in [0.3, 0.4) is 0 Å². The molecule has 0 amide bonds. The fourth-order valence-electron chi connectivity index (χ4n) is 2.09. The molecule has 2 heterocycles. The van der Waals surface area contributed by atoms with Gasteiger partial charge in [-0.15, -0.1) is 0 Å². The summed E-state index contributed by atoms with van der Waals surface area (Å²) >= 11 is 0. The summed E-state index contributed by atoms with van der Waals surface area (Å²) in [5, 5.41) is 3.70. The monoisotopic (exact) mass is 290 g/mol. The summed E-state index contributed by atoms with van der Waals surface area (Å²) in [6.45, 7) is 4.52. The van der Waals surface area contributed by atoms with Gasteiger partial charge in [0.05, 0.1) is 19.3 Å². The van der Waals surface area contributed by atoms with Gasteiger partial charge in [-0.05, 0) is 13.8 Å². The fraction of sp³-hybridized carbons (Fsp3) is 0.727. The van der Waals surface area contributed by atoms with Gasteiger partial charge in [-0.3, -0.25) is 0 Å². The molecule has 0 bridgehead atoms. The molecule has 8 heteroatoms. The van der Waals surface area contributed by atoms with Crippen LogP contribution in [0.1, 0.15) is 11.5 Å². The second-order valence-corrected chi connectivity index (χ2v) is 6.32. The highest BCUT2D eigenvalue weighted by Gasteiger charge is 2.33. The molecule has 0 aromatic carbocycles. The van der Waals surface area contributed by atoms with Crippen LogP contribution < -0.4 is 0 Å². The smallest absolute Gasteiger partial charge is 0.248 e. The first-order valence-corrected chi connectivity index (χ1v) is 7.44. The Balaban J connectivity index is 2.33. The van der Waals surface area contributed by atoms with Gasteiger partial charge in [0.1, 0.15) is 10.6 Å². The van der Waals surface area contributed by atoms with Crippen molar-refractivity contribution in [2.45, 2.75) is 24.8 Å². The molecule has 19 heavy (non-hydrogen) atoms. The largest absolute Gasteiger partial charge is 0.378 e. The Bertz CT molecular complexity index is 520. The zero-order chi connectivity index (χ0) is 14.0. The van der Waals surface area contributed by atoms with E-state index in [1.54, 1.807) is 21.0 Å². The molecule has 0 spiro atoms. The van der Waals surface area contributed by atoms with Gasteiger partial charge in [-0.1, -0.05) is 5.16 Å². The minimum absolute atomic E-state index is 0.143. The number of nitrogens with zero attached hydrogens (tertiary/aromatic N) is 2. The first-order valence-electron chi connectivity index (χ1n) is 6.00. The van der Waals surface area contributed by atoms with E-state index in [0.717, 1.165) is 0 Å². The van der Waals surface area contributed by atoms with Crippen LogP contribution in [-0.2, 0) is 19.5 Å². The van der Waals surface area contributed by atoms with Gasteiger partial charge in [0, 0.05) is 20.2 Å². The molecule has 1 aliphatic rings. The number of sulfonamides is 1. The van der Waals surface area contributed by atoms with E-state index in [2.05, 4.69) is 5.16 Å². The summed E-state index contributed by atoms with van der Waals surface area (Å²) in [4.78, 5) is 0.143. The number of rotatable bonds is 3. The summed E-state index contributed by atoms with van der Waals surface area (Å²) in [5.41, 5.74) is 0.372. The molecule has 108 valence electrons. The molecule has 1 aromatic heterocycles. The van der Waals surface area contributed by atoms with Crippen molar-refractivity contribution in [3.63, 3.8) is 0 Å². The Labute approximate surface area is 112 Å². The van der Waals surface area contributed by atoms with Crippen molar-refractivity contribution in [3.05, 3.63) is 11.5 Å². The fourth-order valence-corrected chi connectivity index (χ4v) is 3.83. The van der Waals surface area contributed by atoms with E-state index in [1.165, 1.54) is 4.31 Å². The van der Waals surface area contributed by atoms with Gasteiger partial charge in [0.25, 0.3) is 0 Å². The lowest BCUT2D eigenvalue weighted by molar-refractivity contribution is 0.0259. The zero-order valence-electron chi connectivity index (χ0n) is 11.2. The summed E-state index contributed by atoms with van der Waals surface area (Å²) in [5.74, 6) is 0.302. The summed E-state index contributed by atoms with van der Waals surface area (Å²) in [6, 6.07) is 0. The van der Waals surface area contributed by atoms with Crippen molar-refractivity contribution < 1.29 is 22.4 Å². The highest BCUT2D eigenvalue weighted by molar-refractivity contribution is 7.89. The number of hydrogen-bond acceptors (Lipinski definition) is 6. The lowest BCUT2D eigenvalue weighted by Crippen LogP contribution is -2.38. The van der Waals surface area contributed by atoms with E-state index in [9.17, 15) is 8.42 Å². The van der Waals surface area contributed by atoms with Crippen LogP contribution in [0.15, 0.2) is 9.42 Å². The van der Waals surface area contributed by atoms with Crippen molar-refractivity contribution in [1.29, 1.82) is 0 Å². The summed E-state index contributed by atoms with van der Waals surface area (Å²) < 4.78 is 42.1. The summed E-state index contributed by atoms with van der Waals surface area (Å²) in [7, 11) is -2.09. The number of methoxy groups -OCH3 is 1. The molecule has 1 fully saturated rings. The van der Waals surface area contributed by atoms with Crippen LogP contribution in [0.25, 0.3) is 0 Å². The van der Waals surface area contributed by atoms with E-state index < -0.39 is 10.0 Å². The third-order valence-electron chi connectivity index (χ3n) is 3.10. The molecule has 0 radical (unpaired) electrons. The van der Waals surface area contributed by atoms with Gasteiger partial charge < -0.3 is 14.0 Å². The van der Waals surface area contributed by atoms with Gasteiger partial charge in [0.2, 0.25) is 10.0 Å². The standard InChI is InChI=1S/C11H18N2O5S/c1-8-11(9(2)18-12-8)19(14,15)13-4-5-17-7-10(6-13)16-3/h10H,4-7H2,1-3H3. The second kappa shape index (κ2) is 5.58. The Hall–Kier alpha value is -0.960. The normalized spacial score (nSPS) is 22.4. The molecule has 1 aliphatic heterocycles. The van der Waals surface area contributed by atoms with Crippen LogP contribution in [0.4, 0.5) is 0 Å². The van der Waals surface area contributed by atoms with Crippen molar-refractivity contribution in [2.24, 2.45) is 0 Å². The van der Waals surface area contributed by atoms with Crippen LogP contribution in [0, 0.1) is 13.8 Å². The van der Waals surface area contributed by atoms with E-state index in [4.69, 9.17) is 14.0 Å². The first-order chi connectivity index (χ1) is 8.96. The van der Waals surface area contributed by atoms with Gasteiger partial charge in [-0.2, -0.15) is 4.31 Å². The number of aromatic nitrogens is 1. The SMILES string of the molecule is COC1COCCN(S(=O)(=O)c2c(C)noc2C)C1. The molecule has 0 N–H and O–H groups in total. The van der Waals surface area contributed by atoms with E-state index in [1.807, 2.05) is 0 Å². The number of aryl methyl sites for hydroxylation is 2. The molecular formula is C11H18N2O5S. The van der Waals surface area contributed by atoms with Crippen LogP contribution in [-0.4, -0.2) is 57.4 Å². The van der Waals surface area contributed by atoms with Gasteiger partial charge >= 0.3 is 0 Å². The van der Waals surface area contributed by atoms with Gasteiger partial charge in [-0.25, -0.2) is 8.42 Å². The Morgan fingerprint density at radius 2 is 2.16 bits per heavy atom. The van der Waals surface area contributed by atoms with Crippen molar-refractivity contribution in [3.8, 4) is 0 Å². The predicted octanol–water partition coefficient (Wildman–Crippen LogP) is 0.327. The maximum Gasteiger partial charge on any atom is 0.248 e. The topological polar surface area (TPSA) is 81.9 Å². The minimum Gasteiger partial charge on any atom is -0.378 e. The lowest BCUT2D eigenvalue weighted by Gasteiger charge is -2.22. The van der Waals surface area contributed by atoms with Crippen LogP contribution in [0.2, 0.25) is 0 Å². The molecule has 1 unspecified atom stereocenters. The van der Waals surface area contributed by atoms with E-state index in [0.29, 0.717) is 31.2 Å². The van der Waals surface area contributed by atoms with Crippen molar-refractivity contribution in [2.75, 3.05) is 33.4 Å². The van der Waals surface area contributed by atoms with Crippen molar-refractivity contribution >= 4 is 10.0 Å². The Kier molecular flexibility index (Phi) is 4.24. The number of ether oxygens (including phenoxy) is 2. The lowest BCUT2D eigenvalue weighted by atomic mass is 10.4. The number of hydrogen-bond donors (Lipinski definition) is 0. The Morgan fingerprint density at radius 1 is 1.42 bits per heavy atom. The molecule has 0 saturated carbocycles. The first kappa shape index (κ1) is 14.4. The highest BCUT2D eigenvalue weighted by atomic mass is 32.2. The molecule has 7 nitrogen and oxygen atoms in total. The minimum atomic E-state index is -3.63. The molecule has 1 saturated heterocycles. The van der Waals surface area contributed by atoms with Crippen LogP contribution in [0.5, 0.6) is 0 Å². The molecule has 2 rings (SSSR count). The van der Waals surface area contributed by atoms with Gasteiger partial charge in [0.15, 0.2) is 5.76 Å². The third-order valence-corrected chi connectivity index (χ3v) is 5.21. The third kappa shape index (κ3) is 2.81. The van der Waals surface area contributed by atoms with Crippen LogP contribution >= 0.6 is 0 Å². The predicted molar refractivity (Wildman–Crippen MR) is 66.4 cm³/mol. The van der Waals surface area contributed by atoms with Crippen molar-refractivity contribution in [1.82, 2.24) is 9.46 Å². The quantitative estimate of drug-likeness (QED) is 0.798. The zero-order valence-corrected chi connectivity index (χ0v) is 12.1.